The van der Waals surface area contributed by atoms with E-state index in [9.17, 15) is 18.8 Å². The van der Waals surface area contributed by atoms with Gasteiger partial charge in [0.1, 0.15) is 0 Å². The number of hydrogen-bond acceptors (Lipinski definition) is 4. The summed E-state index contributed by atoms with van der Waals surface area (Å²) in [6, 6.07) is 0. The molecule has 1 unspecified atom stereocenters. The highest BCUT2D eigenvalue weighted by Gasteiger charge is 2.67. The summed E-state index contributed by atoms with van der Waals surface area (Å²) in [5.74, 6) is 0.848. The summed E-state index contributed by atoms with van der Waals surface area (Å²) in [4.78, 5) is 37.7. The number of alkyl halides is 1. The Labute approximate surface area is 163 Å². The maximum atomic E-state index is 14.3. The molecule has 8 atom stereocenters. The Morgan fingerprint density at radius 3 is 2.63 bits per heavy atom. The van der Waals surface area contributed by atoms with Crippen molar-refractivity contribution in [3.63, 3.8) is 0 Å². The van der Waals surface area contributed by atoms with E-state index >= 15 is 0 Å². The van der Waals surface area contributed by atoms with Gasteiger partial charge < -0.3 is 0 Å². The smallest absolute Gasteiger partial charge is 0.190 e. The largest absolute Gasteiger partial charge is 0.296 e. The van der Waals surface area contributed by atoms with Gasteiger partial charge in [-0.25, -0.2) is 4.39 Å². The van der Waals surface area contributed by atoms with Crippen LogP contribution in [-0.2, 0) is 14.4 Å². The van der Waals surface area contributed by atoms with Gasteiger partial charge in [0.05, 0.1) is 4.91 Å². The normalized spacial score (nSPS) is 50.1. The maximum Gasteiger partial charge on any atom is 0.190 e. The molecule has 3 fully saturated rings. The van der Waals surface area contributed by atoms with Crippen molar-refractivity contribution in [1.29, 1.82) is 0 Å². The molecule has 0 aromatic heterocycles. The van der Waals surface area contributed by atoms with E-state index in [4.69, 9.17) is 0 Å². The minimum atomic E-state index is -1.33. The third-order valence-electron chi connectivity index (χ3n) is 8.48. The zero-order valence-electron chi connectivity index (χ0n) is 16.0. The molecular formula is C22H25FO3S. The van der Waals surface area contributed by atoms with Gasteiger partial charge in [0, 0.05) is 23.7 Å². The molecule has 3 nitrogen and oxygen atoms in total. The number of fused-ring (bicyclic) bond motifs is 7. The first-order chi connectivity index (χ1) is 12.7. The van der Waals surface area contributed by atoms with Crippen LogP contribution >= 0.6 is 11.8 Å². The molecule has 5 aliphatic carbocycles. The Kier molecular flexibility index (Phi) is 3.59. The molecule has 0 saturated heterocycles. The molecular weight excluding hydrogens is 363 g/mol. The molecule has 0 amide bonds. The Balaban J connectivity index is 1.62. The van der Waals surface area contributed by atoms with E-state index in [0.717, 1.165) is 36.6 Å². The van der Waals surface area contributed by atoms with Crippen molar-refractivity contribution in [1.82, 2.24) is 0 Å². The minimum Gasteiger partial charge on any atom is -0.296 e. The van der Waals surface area contributed by atoms with Gasteiger partial charge in [0.2, 0.25) is 0 Å². The van der Waals surface area contributed by atoms with Crippen LogP contribution in [0.5, 0.6) is 0 Å². The van der Waals surface area contributed by atoms with Gasteiger partial charge in [-0.15, -0.1) is 0 Å². The summed E-state index contributed by atoms with van der Waals surface area (Å²) in [6.45, 7) is 5.72. The molecule has 144 valence electrons. The lowest BCUT2D eigenvalue weighted by molar-refractivity contribution is -0.133. The topological polar surface area (TPSA) is 51.2 Å². The van der Waals surface area contributed by atoms with E-state index in [1.807, 2.05) is 13.0 Å². The Hall–Kier alpha value is -1.23. The number of hydrogen-bond donors (Lipinski definition) is 0. The first-order valence-electron chi connectivity index (χ1n) is 10.0. The van der Waals surface area contributed by atoms with Crippen molar-refractivity contribution >= 4 is 28.4 Å². The predicted molar refractivity (Wildman–Crippen MR) is 101 cm³/mol. The zero-order valence-corrected chi connectivity index (χ0v) is 16.8. The fraction of sp³-hybridized carbons (Fsp3) is 0.682. The summed E-state index contributed by atoms with van der Waals surface area (Å²) in [7, 11) is 0. The molecule has 0 N–H and O–H groups in total. The van der Waals surface area contributed by atoms with E-state index in [1.54, 1.807) is 0 Å². The maximum absolute atomic E-state index is 14.3. The molecule has 5 rings (SSSR count). The average molecular weight is 389 g/mol. The summed E-state index contributed by atoms with van der Waals surface area (Å²) >= 11 is 1.08. The summed E-state index contributed by atoms with van der Waals surface area (Å²) < 4.78 is 14.3. The van der Waals surface area contributed by atoms with Gasteiger partial charge in [-0.3, -0.25) is 14.4 Å². The van der Waals surface area contributed by atoms with E-state index in [0.29, 0.717) is 23.2 Å². The van der Waals surface area contributed by atoms with Gasteiger partial charge in [-0.2, -0.15) is 0 Å². The number of rotatable bonds is 1. The zero-order chi connectivity index (χ0) is 19.3. The number of halogens is 1. The van der Waals surface area contributed by atoms with Gasteiger partial charge in [-0.05, 0) is 66.7 Å². The molecule has 0 bridgehead atoms. The summed E-state index contributed by atoms with van der Waals surface area (Å²) in [6.07, 6.45) is 5.68. The van der Waals surface area contributed by atoms with Crippen molar-refractivity contribution in [3.8, 4) is 0 Å². The molecule has 5 heteroatoms. The first-order valence-corrected chi connectivity index (χ1v) is 10.8. The van der Waals surface area contributed by atoms with Crippen molar-refractivity contribution < 1.29 is 18.8 Å². The molecule has 0 radical (unpaired) electrons. The second-order valence-electron chi connectivity index (χ2n) is 9.61. The molecule has 0 heterocycles. The Bertz CT molecular complexity index is 844. The number of allylic oxidation sites excluding steroid dienone is 4. The SMILES string of the molecule is CC(=O)SC1=C2C=C[C@H]3[C@@H]4C[C@@H](F)C(=O)[C@@]4(C)CC[C@@H]3[C@@]2(C)C2C[C@@H]2C1=O. The van der Waals surface area contributed by atoms with E-state index in [2.05, 4.69) is 13.0 Å². The molecule has 0 aliphatic heterocycles. The van der Waals surface area contributed by atoms with Crippen molar-refractivity contribution in [3.05, 3.63) is 22.6 Å². The quantitative estimate of drug-likeness (QED) is 0.673. The highest BCUT2D eigenvalue weighted by Crippen LogP contribution is 2.70. The van der Waals surface area contributed by atoms with Crippen LogP contribution in [0.2, 0.25) is 0 Å². The van der Waals surface area contributed by atoms with Crippen LogP contribution in [-0.4, -0.2) is 22.9 Å². The average Bonchev–Trinajstić information content (AvgIpc) is 3.38. The molecule has 5 aliphatic rings. The fourth-order valence-electron chi connectivity index (χ4n) is 7.00. The number of thioether (sulfide) groups is 1. The summed E-state index contributed by atoms with van der Waals surface area (Å²) in [5, 5.41) is -0.0549. The highest BCUT2D eigenvalue weighted by molar-refractivity contribution is 8.17. The van der Waals surface area contributed by atoms with Crippen LogP contribution in [0.15, 0.2) is 22.6 Å². The van der Waals surface area contributed by atoms with Crippen molar-refractivity contribution in [2.45, 2.75) is 52.6 Å². The highest BCUT2D eigenvalue weighted by atomic mass is 32.2. The van der Waals surface area contributed by atoms with Gasteiger partial charge >= 0.3 is 0 Å². The lowest BCUT2D eigenvalue weighted by Gasteiger charge is -2.55. The molecule has 3 saturated carbocycles. The van der Waals surface area contributed by atoms with Gasteiger partial charge in [0.25, 0.3) is 0 Å². The summed E-state index contributed by atoms with van der Waals surface area (Å²) in [5.41, 5.74) is 0.332. The third kappa shape index (κ3) is 2.12. The number of Topliss-reactive ketones (excluding diaryl/α,β-unsaturated/α-hetero) is 2. The second-order valence-corrected chi connectivity index (χ2v) is 10.8. The molecule has 0 aromatic carbocycles. The van der Waals surface area contributed by atoms with Crippen LogP contribution in [0.4, 0.5) is 4.39 Å². The second kappa shape index (κ2) is 5.43. The molecule has 0 spiro atoms. The van der Waals surface area contributed by atoms with E-state index in [1.165, 1.54) is 6.92 Å². The lowest BCUT2D eigenvalue weighted by Crippen LogP contribution is -2.50. The fourth-order valence-corrected chi connectivity index (χ4v) is 7.93. The van der Waals surface area contributed by atoms with Crippen LogP contribution in [0.3, 0.4) is 0 Å². The predicted octanol–water partition coefficient (Wildman–Crippen LogP) is 4.27. The standard InChI is InChI=1S/C22H25FO3S/c1-10(24)27-19-14-5-4-11-13(22(14,3)16-8-12(16)18(19)25)6-7-21(2)15(11)9-17(23)20(21)26/h4-5,11-13,15-17H,6-9H2,1-3H3/t11-,12+,13+,15+,16?,17-,21+,22-/m1/s1. The van der Waals surface area contributed by atoms with Crippen LogP contribution in [0, 0.1) is 40.4 Å². The lowest BCUT2D eigenvalue weighted by atomic mass is 9.49. The van der Waals surface area contributed by atoms with Gasteiger partial charge in [0.15, 0.2) is 22.9 Å². The minimum absolute atomic E-state index is 0.0418. The Morgan fingerprint density at radius 2 is 1.93 bits per heavy atom. The third-order valence-corrected chi connectivity index (χ3v) is 9.39. The van der Waals surface area contributed by atoms with Crippen molar-refractivity contribution in [2.75, 3.05) is 0 Å². The van der Waals surface area contributed by atoms with Crippen LogP contribution < -0.4 is 0 Å². The van der Waals surface area contributed by atoms with Gasteiger partial charge in [-0.1, -0.05) is 26.0 Å². The van der Waals surface area contributed by atoms with Crippen LogP contribution in [0.25, 0.3) is 0 Å². The monoisotopic (exact) mass is 388 g/mol. The van der Waals surface area contributed by atoms with Crippen molar-refractivity contribution in [2.24, 2.45) is 40.4 Å². The van der Waals surface area contributed by atoms with E-state index in [-0.39, 0.29) is 39.9 Å². The molecule has 0 aromatic rings. The number of ketones is 2. The number of carbonyl (C=O) groups excluding carboxylic acids is 3. The number of carbonyl (C=O) groups is 3. The van der Waals surface area contributed by atoms with E-state index < -0.39 is 11.6 Å². The van der Waals surface area contributed by atoms with Crippen LogP contribution in [0.1, 0.15) is 46.5 Å². The Morgan fingerprint density at radius 1 is 1.19 bits per heavy atom. The first kappa shape index (κ1) is 17.8. The molecule has 27 heavy (non-hydrogen) atoms.